The minimum absolute atomic E-state index is 0.0121. The molecular formula is C23H43N2O6P. The number of nitrogens with zero attached hydrogens (tertiary/aromatic N) is 1. The summed E-state index contributed by atoms with van der Waals surface area (Å²) in [5.41, 5.74) is 0. The van der Waals surface area contributed by atoms with E-state index in [1.165, 1.54) is 0 Å². The van der Waals surface area contributed by atoms with E-state index in [-0.39, 0.29) is 18.9 Å². The van der Waals surface area contributed by atoms with Gasteiger partial charge in [0.2, 0.25) is 5.91 Å². The number of hydrogen-bond acceptors (Lipinski definition) is 6. The summed E-state index contributed by atoms with van der Waals surface area (Å²) in [4.78, 5) is 24.0. The molecule has 0 aliphatic carbocycles. The number of likely N-dealkylation sites (N-methyl/N-ethyl adjacent to an activating group) is 1. The molecule has 0 saturated heterocycles. The van der Waals surface area contributed by atoms with Crippen molar-refractivity contribution in [1.82, 2.24) is 5.32 Å². The Morgan fingerprint density at radius 3 is 2.25 bits per heavy atom. The SMILES string of the molecule is C/C=C/CC/C=C/CC/C=C/C(O)C(COP(=O)([O-])OCC[N+](C)(C)C)NC(=O)CCC. The Hall–Kier alpha value is -1.28. The Labute approximate surface area is 194 Å². The molecular weight excluding hydrogens is 431 g/mol. The van der Waals surface area contributed by atoms with E-state index in [1.807, 2.05) is 47.1 Å². The molecule has 0 saturated carbocycles. The Morgan fingerprint density at radius 1 is 1.09 bits per heavy atom. The average Bonchev–Trinajstić information content (AvgIpc) is 2.68. The lowest BCUT2D eigenvalue weighted by atomic mass is 10.1. The molecule has 0 aromatic carbocycles. The van der Waals surface area contributed by atoms with Crippen molar-refractivity contribution in [2.45, 2.75) is 64.5 Å². The number of carbonyl (C=O) groups excluding carboxylic acids is 1. The number of nitrogens with one attached hydrogen (secondary N) is 1. The molecule has 0 spiro atoms. The number of carbonyl (C=O) groups is 1. The zero-order valence-electron chi connectivity index (χ0n) is 20.4. The molecule has 32 heavy (non-hydrogen) atoms. The Kier molecular flexibility index (Phi) is 16.5. The number of aliphatic hydroxyl groups is 1. The zero-order chi connectivity index (χ0) is 24.5. The minimum atomic E-state index is -4.54. The van der Waals surface area contributed by atoms with Gasteiger partial charge in [0.15, 0.2) is 0 Å². The third kappa shape index (κ3) is 18.3. The van der Waals surface area contributed by atoms with Crippen molar-refractivity contribution >= 4 is 13.7 Å². The third-order valence-corrected chi connectivity index (χ3v) is 5.36. The lowest BCUT2D eigenvalue weighted by Gasteiger charge is -2.29. The second-order valence-corrected chi connectivity index (χ2v) is 10.0. The van der Waals surface area contributed by atoms with Crippen LogP contribution in [0.4, 0.5) is 0 Å². The lowest BCUT2D eigenvalue weighted by Crippen LogP contribution is -2.45. The van der Waals surface area contributed by atoms with Gasteiger partial charge in [0.25, 0.3) is 7.82 Å². The molecule has 0 fully saturated rings. The largest absolute Gasteiger partial charge is 0.756 e. The maximum Gasteiger partial charge on any atom is 0.268 e. The third-order valence-electron chi connectivity index (χ3n) is 4.40. The predicted molar refractivity (Wildman–Crippen MR) is 127 cm³/mol. The van der Waals surface area contributed by atoms with Crippen LogP contribution in [-0.4, -0.2) is 68.5 Å². The number of aliphatic hydroxyl groups excluding tert-OH is 1. The number of rotatable bonds is 18. The number of phosphoric acid groups is 1. The summed E-state index contributed by atoms with van der Waals surface area (Å²) >= 11 is 0. The van der Waals surface area contributed by atoms with Crippen LogP contribution in [0.5, 0.6) is 0 Å². The summed E-state index contributed by atoms with van der Waals surface area (Å²) < 4.78 is 22.4. The summed E-state index contributed by atoms with van der Waals surface area (Å²) in [6.45, 7) is 3.93. The van der Waals surface area contributed by atoms with Crippen LogP contribution in [0.1, 0.15) is 52.4 Å². The highest BCUT2D eigenvalue weighted by atomic mass is 31.2. The van der Waals surface area contributed by atoms with Gasteiger partial charge < -0.3 is 28.8 Å². The zero-order valence-corrected chi connectivity index (χ0v) is 21.3. The predicted octanol–water partition coefficient (Wildman–Crippen LogP) is 3.09. The van der Waals surface area contributed by atoms with E-state index in [1.54, 1.807) is 6.08 Å². The van der Waals surface area contributed by atoms with Gasteiger partial charge in [0, 0.05) is 6.42 Å². The molecule has 0 radical (unpaired) electrons. The number of unbranched alkanes of at least 4 members (excludes halogenated alkanes) is 2. The minimum Gasteiger partial charge on any atom is -0.756 e. The molecule has 8 nitrogen and oxygen atoms in total. The molecule has 186 valence electrons. The lowest BCUT2D eigenvalue weighted by molar-refractivity contribution is -0.870. The molecule has 1 amide bonds. The molecule has 3 unspecified atom stereocenters. The molecule has 0 aliphatic rings. The summed E-state index contributed by atoms with van der Waals surface area (Å²) in [7, 11) is 1.21. The van der Waals surface area contributed by atoms with Crippen LogP contribution in [0.25, 0.3) is 0 Å². The second-order valence-electron chi connectivity index (χ2n) is 8.63. The Bertz CT molecular complexity index is 643. The van der Waals surface area contributed by atoms with Crippen molar-refractivity contribution in [2.24, 2.45) is 0 Å². The van der Waals surface area contributed by atoms with Gasteiger partial charge in [0.05, 0.1) is 39.9 Å². The van der Waals surface area contributed by atoms with Gasteiger partial charge in [-0.15, -0.1) is 0 Å². The fraction of sp³-hybridized carbons (Fsp3) is 0.696. The molecule has 0 bridgehead atoms. The van der Waals surface area contributed by atoms with Gasteiger partial charge in [0.1, 0.15) is 13.2 Å². The summed E-state index contributed by atoms with van der Waals surface area (Å²) in [6.07, 6.45) is 15.1. The van der Waals surface area contributed by atoms with Crippen LogP contribution >= 0.6 is 7.82 Å². The van der Waals surface area contributed by atoms with Crippen LogP contribution < -0.4 is 10.2 Å². The normalized spacial score (nSPS) is 16.6. The topological polar surface area (TPSA) is 108 Å². The molecule has 0 aliphatic heterocycles. The number of amides is 1. The maximum atomic E-state index is 12.0. The van der Waals surface area contributed by atoms with Crippen molar-refractivity contribution in [2.75, 3.05) is 40.9 Å². The van der Waals surface area contributed by atoms with Gasteiger partial charge in [-0.25, -0.2) is 0 Å². The highest BCUT2D eigenvalue weighted by Gasteiger charge is 2.22. The molecule has 0 rings (SSSR count). The van der Waals surface area contributed by atoms with E-state index in [9.17, 15) is 19.4 Å². The fourth-order valence-corrected chi connectivity index (χ4v) is 3.25. The van der Waals surface area contributed by atoms with Crippen LogP contribution in [0.2, 0.25) is 0 Å². The standard InChI is InChI=1S/C23H43N2O6P/c1-6-8-9-10-11-12-13-14-15-17-22(26)21(24-23(27)16-7-2)20-31-32(28,29)30-19-18-25(3,4)5/h6,8,11-12,15,17,21-22,26H,7,9-10,13-14,16,18-20H2,1-5H3,(H-,24,27,28,29)/b8-6+,12-11+,17-15+. The van der Waals surface area contributed by atoms with E-state index < -0.39 is 26.6 Å². The molecule has 9 heteroatoms. The monoisotopic (exact) mass is 474 g/mol. The molecule has 3 atom stereocenters. The second kappa shape index (κ2) is 17.2. The highest BCUT2D eigenvalue weighted by molar-refractivity contribution is 7.45. The van der Waals surface area contributed by atoms with Crippen molar-refractivity contribution in [3.8, 4) is 0 Å². The first-order valence-corrected chi connectivity index (χ1v) is 12.8. The number of quaternary nitrogens is 1. The quantitative estimate of drug-likeness (QED) is 0.137. The molecule has 0 heterocycles. The van der Waals surface area contributed by atoms with Crippen LogP contribution in [0.3, 0.4) is 0 Å². The molecule has 0 aromatic heterocycles. The van der Waals surface area contributed by atoms with Crippen molar-refractivity contribution in [3.05, 3.63) is 36.5 Å². The summed E-state index contributed by atoms with van der Waals surface area (Å²) in [5.74, 6) is -0.274. The Morgan fingerprint density at radius 2 is 1.69 bits per heavy atom. The highest BCUT2D eigenvalue weighted by Crippen LogP contribution is 2.38. The summed E-state index contributed by atoms with van der Waals surface area (Å²) in [5, 5.41) is 13.1. The van der Waals surface area contributed by atoms with Crippen molar-refractivity contribution in [3.63, 3.8) is 0 Å². The first kappa shape index (κ1) is 30.7. The van der Waals surface area contributed by atoms with Crippen LogP contribution in [-0.2, 0) is 18.4 Å². The van der Waals surface area contributed by atoms with Gasteiger partial charge in [-0.3, -0.25) is 9.36 Å². The van der Waals surface area contributed by atoms with Crippen molar-refractivity contribution < 1.29 is 32.9 Å². The number of hydrogen-bond donors (Lipinski definition) is 2. The first-order valence-electron chi connectivity index (χ1n) is 11.3. The van der Waals surface area contributed by atoms with E-state index in [0.717, 1.165) is 25.7 Å². The number of allylic oxidation sites excluding steroid dienone is 5. The van der Waals surface area contributed by atoms with E-state index >= 15 is 0 Å². The average molecular weight is 475 g/mol. The Balaban J connectivity index is 4.70. The van der Waals surface area contributed by atoms with Gasteiger partial charge in [-0.1, -0.05) is 43.4 Å². The maximum absolute atomic E-state index is 12.0. The number of phosphoric ester groups is 1. The van der Waals surface area contributed by atoms with Crippen molar-refractivity contribution in [1.29, 1.82) is 0 Å². The van der Waals surface area contributed by atoms with Crippen LogP contribution in [0, 0.1) is 0 Å². The van der Waals surface area contributed by atoms with E-state index in [4.69, 9.17) is 9.05 Å². The van der Waals surface area contributed by atoms with Gasteiger partial charge in [-0.05, 0) is 39.0 Å². The van der Waals surface area contributed by atoms with E-state index in [0.29, 0.717) is 17.4 Å². The van der Waals surface area contributed by atoms with E-state index in [2.05, 4.69) is 23.5 Å². The molecule has 0 aromatic rings. The fourth-order valence-electron chi connectivity index (χ4n) is 2.52. The molecule has 2 N–H and O–H groups in total. The van der Waals surface area contributed by atoms with Crippen LogP contribution in [0.15, 0.2) is 36.5 Å². The first-order chi connectivity index (χ1) is 15.0. The smallest absolute Gasteiger partial charge is 0.268 e. The van der Waals surface area contributed by atoms with Gasteiger partial charge >= 0.3 is 0 Å². The summed E-state index contributed by atoms with van der Waals surface area (Å²) in [6, 6.07) is -0.897. The van der Waals surface area contributed by atoms with Gasteiger partial charge in [-0.2, -0.15) is 0 Å².